The fourth-order valence-corrected chi connectivity index (χ4v) is 2.27. The third kappa shape index (κ3) is 3.43. The number of amides is 1. The van der Waals surface area contributed by atoms with Crippen LogP contribution >= 0.6 is 11.3 Å². The van der Waals surface area contributed by atoms with Crippen LogP contribution in [0.1, 0.15) is 36.6 Å². The van der Waals surface area contributed by atoms with Gasteiger partial charge in [0.1, 0.15) is 0 Å². The molecule has 98 valence electrons. The maximum absolute atomic E-state index is 11.9. The van der Waals surface area contributed by atoms with Gasteiger partial charge in [-0.3, -0.25) is 4.79 Å². The zero-order valence-electron chi connectivity index (χ0n) is 10.9. The van der Waals surface area contributed by atoms with Gasteiger partial charge in [-0.25, -0.2) is 4.79 Å². The Morgan fingerprint density at radius 1 is 1.28 bits per heavy atom. The molecule has 1 rings (SSSR count). The number of rotatable bonds is 4. The highest BCUT2D eigenvalue weighted by molar-refractivity contribution is 7.12. The maximum atomic E-state index is 11.9. The Labute approximate surface area is 110 Å². The Kier molecular flexibility index (Phi) is 4.67. The van der Waals surface area contributed by atoms with E-state index in [1.54, 1.807) is 11.3 Å². The van der Waals surface area contributed by atoms with E-state index < -0.39 is 5.97 Å². The molecule has 1 heterocycles. The second kappa shape index (κ2) is 5.82. The summed E-state index contributed by atoms with van der Waals surface area (Å²) in [5.41, 5.74) is 0.310. The van der Waals surface area contributed by atoms with Crippen LogP contribution in [0.25, 0.3) is 0 Å². The van der Waals surface area contributed by atoms with Gasteiger partial charge in [-0.15, -0.1) is 11.3 Å². The molecule has 0 saturated carbocycles. The highest BCUT2D eigenvalue weighted by Crippen LogP contribution is 2.22. The number of thiophene rings is 1. The lowest BCUT2D eigenvalue weighted by Gasteiger charge is -2.13. The standard InChI is InChI=1S/C13H17NO3S/c1-7-5-6-11(18-7)10(4)14-12(15)8(2)9(3)13(16)17/h5-6,10H,1-4H3,(H,14,15)(H,16,17). The first kappa shape index (κ1) is 14.4. The third-order valence-corrected chi connectivity index (χ3v) is 3.94. The topological polar surface area (TPSA) is 66.4 Å². The molecule has 0 aliphatic heterocycles. The van der Waals surface area contributed by atoms with E-state index in [-0.39, 0.29) is 23.1 Å². The number of carbonyl (C=O) groups is 2. The molecule has 1 amide bonds. The molecule has 0 saturated heterocycles. The molecule has 0 spiro atoms. The number of aliphatic carboxylic acids is 1. The van der Waals surface area contributed by atoms with E-state index >= 15 is 0 Å². The second-order valence-electron chi connectivity index (χ2n) is 4.20. The van der Waals surface area contributed by atoms with Crippen molar-refractivity contribution in [2.45, 2.75) is 33.7 Å². The molecule has 1 aromatic rings. The molecule has 1 aromatic heterocycles. The van der Waals surface area contributed by atoms with E-state index in [0.717, 1.165) is 4.88 Å². The number of carbonyl (C=O) groups excluding carboxylic acids is 1. The predicted octanol–water partition coefficient (Wildman–Crippen LogP) is 2.65. The monoisotopic (exact) mass is 267 g/mol. The van der Waals surface area contributed by atoms with Gasteiger partial charge in [0.05, 0.1) is 6.04 Å². The van der Waals surface area contributed by atoms with Crippen molar-refractivity contribution in [3.8, 4) is 0 Å². The lowest BCUT2D eigenvalue weighted by atomic mass is 10.1. The minimum atomic E-state index is -1.07. The van der Waals surface area contributed by atoms with Crippen LogP contribution in [0.4, 0.5) is 0 Å². The highest BCUT2D eigenvalue weighted by Gasteiger charge is 2.16. The van der Waals surface area contributed by atoms with Gasteiger partial charge in [0.25, 0.3) is 0 Å². The number of aryl methyl sites for hydroxylation is 1. The van der Waals surface area contributed by atoms with Gasteiger partial charge in [0.15, 0.2) is 0 Å². The van der Waals surface area contributed by atoms with Gasteiger partial charge in [-0.1, -0.05) is 0 Å². The van der Waals surface area contributed by atoms with Gasteiger partial charge in [-0.2, -0.15) is 0 Å². The maximum Gasteiger partial charge on any atom is 0.331 e. The molecule has 0 radical (unpaired) electrons. The normalized spacial score (nSPS) is 13.8. The van der Waals surface area contributed by atoms with Crippen molar-refractivity contribution >= 4 is 23.2 Å². The van der Waals surface area contributed by atoms with Crippen molar-refractivity contribution in [1.29, 1.82) is 0 Å². The quantitative estimate of drug-likeness (QED) is 0.824. The van der Waals surface area contributed by atoms with Crippen LogP contribution in [0.3, 0.4) is 0 Å². The minimum Gasteiger partial charge on any atom is -0.478 e. The molecule has 0 aliphatic rings. The lowest BCUT2D eigenvalue weighted by molar-refractivity contribution is -0.133. The molecular weight excluding hydrogens is 250 g/mol. The lowest BCUT2D eigenvalue weighted by Crippen LogP contribution is -2.28. The molecule has 0 bridgehead atoms. The van der Waals surface area contributed by atoms with E-state index in [1.807, 2.05) is 26.0 Å². The largest absolute Gasteiger partial charge is 0.478 e. The minimum absolute atomic E-state index is 0.0714. The molecule has 18 heavy (non-hydrogen) atoms. The van der Waals surface area contributed by atoms with Crippen LogP contribution in [-0.4, -0.2) is 17.0 Å². The van der Waals surface area contributed by atoms with Crippen molar-refractivity contribution in [3.05, 3.63) is 33.0 Å². The molecule has 0 fully saturated rings. The zero-order chi connectivity index (χ0) is 13.9. The average Bonchev–Trinajstić information content (AvgIpc) is 2.73. The number of nitrogens with one attached hydrogen (secondary N) is 1. The molecule has 0 aromatic carbocycles. The molecule has 2 N–H and O–H groups in total. The Morgan fingerprint density at radius 2 is 1.89 bits per heavy atom. The summed E-state index contributed by atoms with van der Waals surface area (Å²) in [4.78, 5) is 24.9. The number of carboxylic acids is 1. The molecule has 0 aliphatic carbocycles. The number of hydrogen-bond donors (Lipinski definition) is 2. The SMILES string of the molecule is CC(C(=O)O)=C(C)C(=O)NC(C)c1ccc(C)s1. The molecule has 1 unspecified atom stereocenters. The van der Waals surface area contributed by atoms with E-state index in [4.69, 9.17) is 5.11 Å². The van der Waals surface area contributed by atoms with Gasteiger partial charge >= 0.3 is 5.97 Å². The summed E-state index contributed by atoms with van der Waals surface area (Å²) < 4.78 is 0. The van der Waals surface area contributed by atoms with Crippen LogP contribution < -0.4 is 5.32 Å². The Balaban J connectivity index is 2.77. The summed E-state index contributed by atoms with van der Waals surface area (Å²) in [6, 6.07) is 3.84. The van der Waals surface area contributed by atoms with Crippen LogP contribution in [0.15, 0.2) is 23.3 Å². The Hall–Kier alpha value is -1.62. The average molecular weight is 267 g/mol. The van der Waals surface area contributed by atoms with Crippen molar-refractivity contribution in [2.75, 3.05) is 0 Å². The smallest absolute Gasteiger partial charge is 0.331 e. The van der Waals surface area contributed by atoms with Gasteiger partial charge in [-0.05, 0) is 39.8 Å². The van der Waals surface area contributed by atoms with E-state index in [2.05, 4.69) is 5.32 Å². The summed E-state index contributed by atoms with van der Waals surface area (Å²) in [6.07, 6.45) is 0. The Bertz CT molecular complexity index is 502. The molecule has 1 atom stereocenters. The van der Waals surface area contributed by atoms with E-state index in [9.17, 15) is 9.59 Å². The van der Waals surface area contributed by atoms with Gasteiger partial charge in [0, 0.05) is 20.9 Å². The van der Waals surface area contributed by atoms with Crippen LogP contribution in [-0.2, 0) is 9.59 Å². The fraction of sp³-hybridized carbons (Fsp3) is 0.385. The van der Waals surface area contributed by atoms with Gasteiger partial charge in [0.2, 0.25) is 5.91 Å². The predicted molar refractivity (Wildman–Crippen MR) is 71.6 cm³/mol. The molecule has 5 heteroatoms. The summed E-state index contributed by atoms with van der Waals surface area (Å²) >= 11 is 1.62. The first-order chi connectivity index (χ1) is 8.32. The first-order valence-corrected chi connectivity index (χ1v) is 6.42. The van der Waals surface area contributed by atoms with E-state index in [0.29, 0.717) is 0 Å². The van der Waals surface area contributed by atoms with Crippen molar-refractivity contribution in [2.24, 2.45) is 0 Å². The first-order valence-electron chi connectivity index (χ1n) is 5.61. The second-order valence-corrected chi connectivity index (χ2v) is 5.52. The molecule has 4 nitrogen and oxygen atoms in total. The van der Waals surface area contributed by atoms with Crippen molar-refractivity contribution in [3.63, 3.8) is 0 Å². The number of hydrogen-bond acceptors (Lipinski definition) is 3. The molecular formula is C13H17NO3S. The van der Waals surface area contributed by atoms with Crippen LogP contribution in [0, 0.1) is 6.92 Å². The fourth-order valence-electron chi connectivity index (χ4n) is 1.39. The highest BCUT2D eigenvalue weighted by atomic mass is 32.1. The van der Waals surface area contributed by atoms with Crippen molar-refractivity contribution < 1.29 is 14.7 Å². The Morgan fingerprint density at radius 3 is 2.33 bits per heavy atom. The van der Waals surface area contributed by atoms with Crippen LogP contribution in [0.5, 0.6) is 0 Å². The summed E-state index contributed by atoms with van der Waals surface area (Å²) in [6.45, 7) is 6.83. The summed E-state index contributed by atoms with van der Waals surface area (Å²) in [7, 11) is 0. The summed E-state index contributed by atoms with van der Waals surface area (Å²) in [5, 5.41) is 11.6. The van der Waals surface area contributed by atoms with Crippen molar-refractivity contribution in [1.82, 2.24) is 5.32 Å². The number of carboxylic acid groups (broad SMARTS) is 1. The zero-order valence-corrected chi connectivity index (χ0v) is 11.7. The summed E-state index contributed by atoms with van der Waals surface area (Å²) in [5.74, 6) is -1.41. The van der Waals surface area contributed by atoms with E-state index in [1.165, 1.54) is 18.7 Å². The third-order valence-electron chi connectivity index (χ3n) is 2.76. The van der Waals surface area contributed by atoms with Crippen LogP contribution in [0.2, 0.25) is 0 Å². The van der Waals surface area contributed by atoms with Gasteiger partial charge < -0.3 is 10.4 Å².